The molecule has 0 amide bonds. The highest BCUT2D eigenvalue weighted by Gasteiger charge is 2.20. The zero-order chi connectivity index (χ0) is 19.9. The number of ether oxygens (including phenoxy) is 2. The van der Waals surface area contributed by atoms with Crippen LogP contribution in [0.4, 0.5) is 11.4 Å². The van der Waals surface area contributed by atoms with Gasteiger partial charge in [0.15, 0.2) is 0 Å². The molecule has 0 spiro atoms. The van der Waals surface area contributed by atoms with Gasteiger partial charge >= 0.3 is 0 Å². The lowest BCUT2D eigenvalue weighted by molar-refractivity contribution is -0.384. The molecule has 1 heterocycles. The highest BCUT2D eigenvalue weighted by atomic mass is 35.5. The Bertz CT molecular complexity index is 765. The molecular weight excluding hydrogens is 398 g/mol. The van der Waals surface area contributed by atoms with Crippen molar-refractivity contribution in [1.29, 1.82) is 0 Å². The first kappa shape index (κ1) is 22.7. The number of hydrogen-bond donors (Lipinski definition) is 1. The summed E-state index contributed by atoms with van der Waals surface area (Å²) in [5.74, 6) is 1.35. The number of nitro benzene ring substituents is 1. The van der Waals surface area contributed by atoms with E-state index in [1.165, 1.54) is 17.8 Å². The van der Waals surface area contributed by atoms with Crippen molar-refractivity contribution < 1.29 is 19.5 Å². The number of β-amino-alcohol motifs (C(OH)–C–C–N with tert-alkyl or cyclic N) is 1. The lowest BCUT2D eigenvalue weighted by atomic mass is 10.2. The van der Waals surface area contributed by atoms with Crippen LogP contribution >= 0.6 is 12.4 Å². The van der Waals surface area contributed by atoms with Gasteiger partial charge < -0.3 is 19.5 Å². The summed E-state index contributed by atoms with van der Waals surface area (Å²) in [6.07, 6.45) is -0.622. The third kappa shape index (κ3) is 6.49. The monoisotopic (exact) mass is 423 g/mol. The van der Waals surface area contributed by atoms with Crippen LogP contribution in [0, 0.1) is 10.1 Å². The second-order valence-corrected chi connectivity index (χ2v) is 6.70. The maximum atomic E-state index is 10.7. The number of rotatable bonds is 8. The van der Waals surface area contributed by atoms with Crippen LogP contribution in [0.1, 0.15) is 0 Å². The van der Waals surface area contributed by atoms with E-state index in [1.807, 2.05) is 12.1 Å². The highest BCUT2D eigenvalue weighted by Crippen LogP contribution is 2.21. The van der Waals surface area contributed by atoms with Crippen molar-refractivity contribution in [3.63, 3.8) is 0 Å². The maximum absolute atomic E-state index is 10.7. The third-order valence-corrected chi connectivity index (χ3v) is 4.77. The summed E-state index contributed by atoms with van der Waals surface area (Å²) in [5.41, 5.74) is 1.19. The number of methoxy groups -OCH3 is 1. The highest BCUT2D eigenvalue weighted by molar-refractivity contribution is 5.85. The molecule has 0 bridgehead atoms. The van der Waals surface area contributed by atoms with Crippen LogP contribution in [-0.4, -0.2) is 67.5 Å². The summed E-state index contributed by atoms with van der Waals surface area (Å²) in [4.78, 5) is 14.7. The van der Waals surface area contributed by atoms with E-state index < -0.39 is 11.0 Å². The van der Waals surface area contributed by atoms with Gasteiger partial charge in [-0.15, -0.1) is 12.4 Å². The van der Waals surface area contributed by atoms with Gasteiger partial charge in [0.1, 0.15) is 24.2 Å². The molecule has 2 aromatic carbocycles. The largest absolute Gasteiger partial charge is 0.497 e. The van der Waals surface area contributed by atoms with Gasteiger partial charge in [-0.2, -0.15) is 0 Å². The van der Waals surface area contributed by atoms with Crippen molar-refractivity contribution in [2.75, 3.05) is 51.3 Å². The van der Waals surface area contributed by atoms with Crippen LogP contribution in [0.25, 0.3) is 0 Å². The number of nitro groups is 1. The number of nitrogens with zero attached hydrogens (tertiary/aromatic N) is 3. The first-order chi connectivity index (χ1) is 13.5. The van der Waals surface area contributed by atoms with Gasteiger partial charge in [0.2, 0.25) is 0 Å². The molecule has 9 heteroatoms. The number of anilines is 1. The average molecular weight is 424 g/mol. The summed E-state index contributed by atoms with van der Waals surface area (Å²) >= 11 is 0. The number of benzene rings is 2. The van der Waals surface area contributed by atoms with Crippen LogP contribution < -0.4 is 14.4 Å². The van der Waals surface area contributed by atoms with Crippen LogP contribution in [0.5, 0.6) is 11.5 Å². The fraction of sp³-hybridized carbons (Fsp3) is 0.400. The number of non-ortho nitro benzene ring substituents is 1. The molecule has 29 heavy (non-hydrogen) atoms. The topological polar surface area (TPSA) is 88.3 Å². The summed E-state index contributed by atoms with van der Waals surface area (Å²) in [7, 11) is 1.66. The van der Waals surface area contributed by atoms with Crippen LogP contribution in [0.3, 0.4) is 0 Å². The van der Waals surface area contributed by atoms with Crippen molar-refractivity contribution in [3.05, 3.63) is 58.6 Å². The second-order valence-electron chi connectivity index (χ2n) is 6.70. The summed E-state index contributed by atoms with van der Waals surface area (Å²) in [6.45, 7) is 4.19. The molecule has 1 aliphatic rings. The lowest BCUT2D eigenvalue weighted by Crippen LogP contribution is -2.49. The standard InChI is InChI=1S/C20H25N3O5.ClH/c1-27-19-6-2-16(3-7-19)22-12-10-21(11-13-22)14-18(24)15-28-20-8-4-17(5-9-20)23(25)26;/h2-9,18,24H,10-15H2,1H3;1H. The van der Waals surface area contributed by atoms with E-state index in [2.05, 4.69) is 21.9 Å². The third-order valence-electron chi connectivity index (χ3n) is 4.77. The van der Waals surface area contributed by atoms with Gasteiger partial charge in [0.25, 0.3) is 5.69 Å². The Hall–Kier alpha value is -2.55. The van der Waals surface area contributed by atoms with Crippen LogP contribution in [-0.2, 0) is 0 Å². The van der Waals surface area contributed by atoms with E-state index in [-0.39, 0.29) is 24.7 Å². The fourth-order valence-corrected chi connectivity index (χ4v) is 3.19. The van der Waals surface area contributed by atoms with E-state index in [4.69, 9.17) is 9.47 Å². The first-order valence-corrected chi connectivity index (χ1v) is 9.22. The van der Waals surface area contributed by atoms with Gasteiger partial charge in [0.05, 0.1) is 12.0 Å². The number of hydrogen-bond acceptors (Lipinski definition) is 7. The van der Waals surface area contributed by atoms with Crippen molar-refractivity contribution in [3.8, 4) is 11.5 Å². The molecule has 1 N–H and O–H groups in total. The van der Waals surface area contributed by atoms with E-state index >= 15 is 0 Å². The Morgan fingerprint density at radius 1 is 1.03 bits per heavy atom. The molecule has 8 nitrogen and oxygen atoms in total. The number of piperazine rings is 1. The van der Waals surface area contributed by atoms with Crippen molar-refractivity contribution in [1.82, 2.24) is 4.90 Å². The maximum Gasteiger partial charge on any atom is 0.269 e. The van der Waals surface area contributed by atoms with E-state index in [0.29, 0.717) is 12.3 Å². The Balaban J connectivity index is 0.00000300. The van der Waals surface area contributed by atoms with Gasteiger partial charge in [-0.1, -0.05) is 0 Å². The normalized spacial score (nSPS) is 15.3. The average Bonchev–Trinajstić information content (AvgIpc) is 2.73. The summed E-state index contributed by atoms with van der Waals surface area (Å²) in [5, 5.41) is 20.9. The second kappa shape index (κ2) is 10.8. The van der Waals surface area contributed by atoms with Crippen LogP contribution in [0.2, 0.25) is 0 Å². The molecule has 0 aliphatic carbocycles. The lowest BCUT2D eigenvalue weighted by Gasteiger charge is -2.36. The zero-order valence-electron chi connectivity index (χ0n) is 16.3. The molecule has 2 aromatic rings. The van der Waals surface area contributed by atoms with Crippen molar-refractivity contribution in [2.45, 2.75) is 6.10 Å². The minimum absolute atomic E-state index is 0. The number of halogens is 1. The molecule has 1 aliphatic heterocycles. The number of aliphatic hydroxyl groups is 1. The van der Waals surface area contributed by atoms with Gasteiger partial charge in [0, 0.05) is 50.5 Å². The Morgan fingerprint density at radius 3 is 2.17 bits per heavy atom. The van der Waals surface area contributed by atoms with Crippen molar-refractivity contribution >= 4 is 23.8 Å². The van der Waals surface area contributed by atoms with Gasteiger partial charge in [-0.25, -0.2) is 0 Å². The molecule has 1 unspecified atom stereocenters. The predicted molar refractivity (Wildman–Crippen MR) is 113 cm³/mol. The molecular formula is C20H26ClN3O5. The predicted octanol–water partition coefficient (Wildman–Crippen LogP) is 2.59. The molecule has 0 aromatic heterocycles. The van der Waals surface area contributed by atoms with E-state index in [9.17, 15) is 15.2 Å². The molecule has 3 rings (SSSR count). The number of aliphatic hydroxyl groups excluding tert-OH is 1. The minimum atomic E-state index is -0.622. The molecule has 1 saturated heterocycles. The van der Waals surface area contributed by atoms with E-state index in [1.54, 1.807) is 19.2 Å². The smallest absolute Gasteiger partial charge is 0.269 e. The van der Waals surface area contributed by atoms with Gasteiger partial charge in [-0.05, 0) is 36.4 Å². The molecule has 1 atom stereocenters. The molecule has 1 fully saturated rings. The molecule has 0 radical (unpaired) electrons. The zero-order valence-corrected chi connectivity index (χ0v) is 17.1. The van der Waals surface area contributed by atoms with Gasteiger partial charge in [-0.3, -0.25) is 15.0 Å². The van der Waals surface area contributed by atoms with Crippen molar-refractivity contribution in [2.24, 2.45) is 0 Å². The Kier molecular flexibility index (Phi) is 8.50. The Morgan fingerprint density at radius 2 is 1.62 bits per heavy atom. The fourth-order valence-electron chi connectivity index (χ4n) is 3.19. The quantitative estimate of drug-likeness (QED) is 0.515. The summed E-state index contributed by atoms with van der Waals surface area (Å²) < 4.78 is 10.7. The van der Waals surface area contributed by atoms with Crippen LogP contribution in [0.15, 0.2) is 48.5 Å². The first-order valence-electron chi connectivity index (χ1n) is 9.22. The summed E-state index contributed by atoms with van der Waals surface area (Å²) in [6, 6.07) is 13.9. The molecule has 0 saturated carbocycles. The molecule has 158 valence electrons. The van der Waals surface area contributed by atoms with E-state index in [0.717, 1.165) is 31.9 Å². The SMILES string of the molecule is COc1ccc(N2CCN(CC(O)COc3ccc([N+](=O)[O-])cc3)CC2)cc1.Cl. The Labute approximate surface area is 176 Å². The minimum Gasteiger partial charge on any atom is -0.497 e.